The summed E-state index contributed by atoms with van der Waals surface area (Å²) in [5.41, 5.74) is 3.51. The Labute approximate surface area is 149 Å². The van der Waals surface area contributed by atoms with E-state index in [4.69, 9.17) is 4.74 Å². The Balaban J connectivity index is 2.10. The van der Waals surface area contributed by atoms with Gasteiger partial charge in [-0.1, -0.05) is 48.4 Å². The predicted molar refractivity (Wildman–Crippen MR) is 99.2 cm³/mol. The van der Waals surface area contributed by atoms with E-state index in [1.165, 1.54) is 5.57 Å². The second-order valence-electron chi connectivity index (χ2n) is 7.51. The van der Waals surface area contributed by atoms with Crippen molar-refractivity contribution >= 4 is 17.3 Å². The first-order valence-corrected chi connectivity index (χ1v) is 8.68. The molecule has 3 heteroatoms. The average Bonchev–Trinajstić information content (AvgIpc) is 2.54. The van der Waals surface area contributed by atoms with Crippen molar-refractivity contribution in [2.45, 2.75) is 46.6 Å². The van der Waals surface area contributed by atoms with Gasteiger partial charge in [0.25, 0.3) is 0 Å². The number of carbonyl (C=O) groups excluding carboxylic acids is 2. The van der Waals surface area contributed by atoms with Gasteiger partial charge in [-0.3, -0.25) is 9.59 Å². The van der Waals surface area contributed by atoms with Gasteiger partial charge in [-0.25, -0.2) is 0 Å². The quantitative estimate of drug-likeness (QED) is 0.570. The Morgan fingerprint density at radius 3 is 2.40 bits per heavy atom. The van der Waals surface area contributed by atoms with Gasteiger partial charge >= 0.3 is 0 Å². The van der Waals surface area contributed by atoms with Crippen molar-refractivity contribution in [1.29, 1.82) is 0 Å². The first-order chi connectivity index (χ1) is 11.7. The smallest absolute Gasteiger partial charge is 0.234 e. The Kier molecular flexibility index (Phi) is 4.28. The van der Waals surface area contributed by atoms with E-state index in [-0.39, 0.29) is 5.92 Å². The normalized spacial score (nSPS) is 26.0. The molecule has 3 rings (SSSR count). The number of ether oxygens (including phenoxy) is 1. The first-order valence-electron chi connectivity index (χ1n) is 8.68. The van der Waals surface area contributed by atoms with Crippen LogP contribution in [0.2, 0.25) is 0 Å². The SMILES string of the molecule is CC(C)=C/C(C)=C\C1(C)OC2=C(CC1C)C(=O)C(=O)c1ccccc12. The van der Waals surface area contributed by atoms with Crippen LogP contribution in [0.3, 0.4) is 0 Å². The highest BCUT2D eigenvalue weighted by Crippen LogP contribution is 2.45. The number of carbonyl (C=O) groups is 2. The van der Waals surface area contributed by atoms with E-state index in [0.717, 1.165) is 11.1 Å². The van der Waals surface area contributed by atoms with Crippen LogP contribution in [0.5, 0.6) is 0 Å². The molecule has 0 saturated carbocycles. The third-order valence-corrected chi connectivity index (χ3v) is 5.01. The molecule has 0 spiro atoms. The van der Waals surface area contributed by atoms with Crippen LogP contribution in [-0.2, 0) is 9.53 Å². The summed E-state index contributed by atoms with van der Waals surface area (Å²) < 4.78 is 6.39. The lowest BCUT2D eigenvalue weighted by Gasteiger charge is -2.41. The molecule has 0 bridgehead atoms. The highest BCUT2D eigenvalue weighted by Gasteiger charge is 2.44. The summed E-state index contributed by atoms with van der Waals surface area (Å²) in [6.07, 6.45) is 4.79. The van der Waals surface area contributed by atoms with Crippen LogP contribution in [0.25, 0.3) is 5.76 Å². The van der Waals surface area contributed by atoms with Gasteiger partial charge in [0.05, 0.1) is 0 Å². The van der Waals surface area contributed by atoms with Crippen molar-refractivity contribution in [1.82, 2.24) is 0 Å². The zero-order chi connectivity index (χ0) is 18.4. The molecule has 1 aliphatic heterocycles. The van der Waals surface area contributed by atoms with Crippen LogP contribution in [0.4, 0.5) is 0 Å². The van der Waals surface area contributed by atoms with Crippen LogP contribution in [0.1, 0.15) is 57.0 Å². The lowest BCUT2D eigenvalue weighted by atomic mass is 9.76. The van der Waals surface area contributed by atoms with Crippen LogP contribution in [0, 0.1) is 5.92 Å². The molecule has 25 heavy (non-hydrogen) atoms. The number of Topliss-reactive ketones (excluding diaryl/α,β-unsaturated/α-hetero) is 2. The maximum absolute atomic E-state index is 12.5. The second-order valence-corrected chi connectivity index (χ2v) is 7.51. The van der Waals surface area contributed by atoms with Crippen molar-refractivity contribution in [2.75, 3.05) is 0 Å². The highest BCUT2D eigenvalue weighted by molar-refractivity contribution is 6.52. The van der Waals surface area contributed by atoms with E-state index < -0.39 is 17.2 Å². The molecule has 1 heterocycles. The maximum Gasteiger partial charge on any atom is 0.234 e. The Morgan fingerprint density at radius 1 is 1.12 bits per heavy atom. The molecule has 3 nitrogen and oxygen atoms in total. The number of hydrogen-bond acceptors (Lipinski definition) is 3. The molecule has 0 N–H and O–H groups in total. The fraction of sp³-hybridized carbons (Fsp3) is 0.364. The summed E-state index contributed by atoms with van der Waals surface area (Å²) in [5, 5.41) is 0. The molecule has 0 saturated heterocycles. The minimum absolute atomic E-state index is 0.0915. The average molecular weight is 336 g/mol. The fourth-order valence-electron chi connectivity index (χ4n) is 3.66. The molecule has 2 unspecified atom stereocenters. The van der Waals surface area contributed by atoms with Gasteiger partial charge in [0.15, 0.2) is 0 Å². The molecule has 0 radical (unpaired) electrons. The first kappa shape index (κ1) is 17.4. The van der Waals surface area contributed by atoms with E-state index >= 15 is 0 Å². The number of hydrogen-bond donors (Lipinski definition) is 0. The van der Waals surface area contributed by atoms with E-state index in [9.17, 15) is 9.59 Å². The van der Waals surface area contributed by atoms with Crippen LogP contribution < -0.4 is 0 Å². The van der Waals surface area contributed by atoms with Gasteiger partial charge in [-0.2, -0.15) is 0 Å². The molecule has 1 aromatic rings. The van der Waals surface area contributed by atoms with E-state index in [0.29, 0.717) is 23.3 Å². The summed E-state index contributed by atoms with van der Waals surface area (Å²) in [6.45, 7) is 10.3. The van der Waals surface area contributed by atoms with Gasteiger partial charge < -0.3 is 4.74 Å². The summed E-state index contributed by atoms with van der Waals surface area (Å²) in [7, 11) is 0. The third-order valence-electron chi connectivity index (χ3n) is 5.01. The minimum Gasteiger partial charge on any atom is -0.482 e. The molecule has 2 atom stereocenters. The van der Waals surface area contributed by atoms with Crippen molar-refractivity contribution in [3.8, 4) is 0 Å². The molecule has 0 fully saturated rings. The monoisotopic (exact) mass is 336 g/mol. The van der Waals surface area contributed by atoms with Gasteiger partial charge in [0, 0.05) is 22.6 Å². The standard InChI is InChI=1S/C22H24O3/c1-13(2)10-14(3)12-22(5)15(4)11-18-20(24)19(23)16-8-6-7-9-17(16)21(18)25-22/h6-10,12,15H,11H2,1-5H3/b14-12-. The molecule has 0 aromatic heterocycles. The number of allylic oxidation sites excluding steroid dienone is 4. The van der Waals surface area contributed by atoms with E-state index in [2.05, 4.69) is 39.8 Å². The number of ketones is 2. The maximum atomic E-state index is 12.5. The minimum atomic E-state index is -0.525. The lowest BCUT2D eigenvalue weighted by molar-refractivity contribution is -0.112. The van der Waals surface area contributed by atoms with Gasteiger partial charge in [-0.15, -0.1) is 0 Å². The molecular weight excluding hydrogens is 312 g/mol. The van der Waals surface area contributed by atoms with Gasteiger partial charge in [0.1, 0.15) is 11.4 Å². The highest BCUT2D eigenvalue weighted by atomic mass is 16.5. The number of benzene rings is 1. The Hall–Kier alpha value is -2.42. The van der Waals surface area contributed by atoms with Crippen molar-refractivity contribution in [3.05, 3.63) is 64.3 Å². The van der Waals surface area contributed by atoms with E-state index in [1.54, 1.807) is 12.1 Å². The molecule has 1 aromatic carbocycles. The molecule has 130 valence electrons. The molecular formula is C22H24O3. The van der Waals surface area contributed by atoms with Crippen molar-refractivity contribution in [2.24, 2.45) is 5.92 Å². The van der Waals surface area contributed by atoms with Crippen LogP contribution >= 0.6 is 0 Å². The third kappa shape index (κ3) is 2.99. The summed E-state index contributed by atoms with van der Waals surface area (Å²) in [4.78, 5) is 24.9. The van der Waals surface area contributed by atoms with Crippen molar-refractivity contribution in [3.63, 3.8) is 0 Å². The molecule has 2 aliphatic rings. The van der Waals surface area contributed by atoms with Gasteiger partial charge in [0.2, 0.25) is 11.6 Å². The predicted octanol–water partition coefficient (Wildman–Crippen LogP) is 4.89. The molecule has 0 amide bonds. The zero-order valence-corrected chi connectivity index (χ0v) is 15.5. The zero-order valence-electron chi connectivity index (χ0n) is 15.5. The number of fused-ring (bicyclic) bond motifs is 2. The summed E-state index contributed by atoms with van der Waals surface area (Å²) >= 11 is 0. The largest absolute Gasteiger partial charge is 0.482 e. The fourth-order valence-corrected chi connectivity index (χ4v) is 3.66. The van der Waals surface area contributed by atoms with Crippen molar-refractivity contribution < 1.29 is 14.3 Å². The summed E-state index contributed by atoms with van der Waals surface area (Å²) in [5.74, 6) is -0.187. The van der Waals surface area contributed by atoms with Crippen LogP contribution in [0.15, 0.2) is 53.1 Å². The Bertz CT molecular complexity index is 850. The summed E-state index contributed by atoms with van der Waals surface area (Å²) in [6, 6.07) is 7.20. The lowest BCUT2D eigenvalue weighted by Crippen LogP contribution is -2.41. The van der Waals surface area contributed by atoms with E-state index in [1.807, 2.05) is 19.1 Å². The second kappa shape index (κ2) is 6.14. The Morgan fingerprint density at radius 2 is 1.76 bits per heavy atom. The topological polar surface area (TPSA) is 43.4 Å². The van der Waals surface area contributed by atoms with Gasteiger partial charge in [-0.05, 0) is 40.2 Å². The molecule has 1 aliphatic carbocycles. The number of rotatable bonds is 2. The van der Waals surface area contributed by atoms with Crippen LogP contribution in [-0.4, -0.2) is 17.2 Å².